The molecule has 2 heterocycles. The van der Waals surface area contributed by atoms with Crippen molar-refractivity contribution in [3.05, 3.63) is 48.0 Å². The molecule has 4 aromatic rings. The monoisotopic (exact) mass is 376 g/mol. The fourth-order valence-electron chi connectivity index (χ4n) is 3.06. The third-order valence-corrected chi connectivity index (χ3v) is 4.37. The smallest absolute Gasteiger partial charge is 0.265 e. The second-order valence-corrected chi connectivity index (χ2v) is 6.10. The Bertz CT molecular complexity index is 1170. The minimum Gasteiger partial charge on any atom is -0.493 e. The fourth-order valence-corrected chi connectivity index (χ4v) is 3.06. The van der Waals surface area contributed by atoms with Gasteiger partial charge in [-0.1, -0.05) is 18.2 Å². The van der Waals surface area contributed by atoms with Crippen LogP contribution in [0.2, 0.25) is 0 Å². The molecule has 8 heteroatoms. The summed E-state index contributed by atoms with van der Waals surface area (Å²) < 4.78 is 12.9. The Balaban J connectivity index is 1.57. The summed E-state index contributed by atoms with van der Waals surface area (Å²) in [6.45, 7) is 2.51. The van der Waals surface area contributed by atoms with Gasteiger partial charge in [0.05, 0.1) is 25.4 Å². The van der Waals surface area contributed by atoms with Crippen LogP contribution in [0.5, 0.6) is 11.5 Å². The van der Waals surface area contributed by atoms with Gasteiger partial charge in [0.15, 0.2) is 17.1 Å². The maximum absolute atomic E-state index is 5.52. The Morgan fingerprint density at radius 2 is 2.00 bits per heavy atom. The number of rotatable bonds is 6. The van der Waals surface area contributed by atoms with Crippen LogP contribution < -0.4 is 14.9 Å². The normalized spacial score (nSPS) is 11.4. The van der Waals surface area contributed by atoms with Crippen molar-refractivity contribution in [3.8, 4) is 11.5 Å². The molecule has 0 aliphatic heterocycles. The van der Waals surface area contributed by atoms with Gasteiger partial charge in [0.1, 0.15) is 5.52 Å². The first kappa shape index (κ1) is 17.7. The summed E-state index contributed by atoms with van der Waals surface area (Å²) in [7, 11) is 3.56. The van der Waals surface area contributed by atoms with Crippen LogP contribution in [0, 0.1) is 0 Å². The lowest BCUT2D eigenvalue weighted by Gasteiger charge is -2.09. The molecular formula is C20H20N6O2. The highest BCUT2D eigenvalue weighted by Crippen LogP contribution is 2.27. The summed E-state index contributed by atoms with van der Waals surface area (Å²) in [5.74, 6) is 1.68. The lowest BCUT2D eigenvalue weighted by molar-refractivity contribution is 0.311. The first-order valence-corrected chi connectivity index (χ1v) is 8.89. The van der Waals surface area contributed by atoms with Crippen molar-refractivity contribution in [1.82, 2.24) is 19.7 Å². The van der Waals surface area contributed by atoms with Gasteiger partial charge in [-0.15, -0.1) is 10.2 Å². The Hall–Kier alpha value is -3.68. The Morgan fingerprint density at radius 1 is 1.14 bits per heavy atom. The summed E-state index contributed by atoms with van der Waals surface area (Å²) in [4.78, 5) is 4.54. The molecule has 0 saturated carbocycles. The number of hydrogen-bond donors (Lipinski definition) is 1. The average molecular weight is 376 g/mol. The van der Waals surface area contributed by atoms with Gasteiger partial charge in [-0.3, -0.25) is 0 Å². The molecule has 8 nitrogen and oxygen atoms in total. The van der Waals surface area contributed by atoms with Crippen molar-refractivity contribution >= 4 is 34.2 Å². The zero-order valence-electron chi connectivity index (χ0n) is 15.9. The number of fused-ring (bicyclic) bond motifs is 3. The number of hydrazone groups is 1. The van der Waals surface area contributed by atoms with E-state index in [1.807, 2.05) is 61.0 Å². The molecule has 1 N–H and O–H groups in total. The van der Waals surface area contributed by atoms with Crippen LogP contribution in [0.25, 0.3) is 22.1 Å². The number of aryl methyl sites for hydroxylation is 1. The molecule has 0 aliphatic carbocycles. The highest BCUT2D eigenvalue weighted by molar-refractivity contribution is 6.04. The lowest BCUT2D eigenvalue weighted by atomic mass is 10.2. The summed E-state index contributed by atoms with van der Waals surface area (Å²) in [5.41, 5.74) is 6.26. The third kappa shape index (κ3) is 3.20. The molecule has 0 unspecified atom stereocenters. The van der Waals surface area contributed by atoms with Gasteiger partial charge in [-0.25, -0.2) is 5.43 Å². The topological polar surface area (TPSA) is 86.5 Å². The summed E-state index contributed by atoms with van der Waals surface area (Å²) >= 11 is 0. The van der Waals surface area contributed by atoms with Crippen LogP contribution in [0.1, 0.15) is 12.5 Å². The minimum atomic E-state index is 0.326. The lowest BCUT2D eigenvalue weighted by Crippen LogP contribution is -2.01. The third-order valence-electron chi connectivity index (χ3n) is 4.37. The van der Waals surface area contributed by atoms with Crippen molar-refractivity contribution in [2.75, 3.05) is 19.1 Å². The fraction of sp³-hybridized carbons (Fsp3) is 0.200. The SMILES string of the molecule is CCOc1ccc(/C=N/Nc2nnc3c4ccccc4n(C)c3n2)cc1OC. The molecule has 2 aromatic carbocycles. The Morgan fingerprint density at radius 3 is 2.82 bits per heavy atom. The van der Waals surface area contributed by atoms with Crippen LogP contribution in [0.3, 0.4) is 0 Å². The Kier molecular flexibility index (Phi) is 4.76. The average Bonchev–Trinajstić information content (AvgIpc) is 3.01. The molecule has 0 saturated heterocycles. The van der Waals surface area contributed by atoms with Crippen molar-refractivity contribution < 1.29 is 9.47 Å². The predicted octanol–water partition coefficient (Wildman–Crippen LogP) is 3.37. The summed E-state index contributed by atoms with van der Waals surface area (Å²) in [5, 5.41) is 13.7. The molecule has 28 heavy (non-hydrogen) atoms. The number of benzene rings is 2. The van der Waals surface area contributed by atoms with Gasteiger partial charge in [0.25, 0.3) is 5.95 Å². The Labute approximate surface area is 161 Å². The van der Waals surface area contributed by atoms with Crippen molar-refractivity contribution in [1.29, 1.82) is 0 Å². The quantitative estimate of drug-likeness (QED) is 0.410. The molecule has 0 aliphatic rings. The number of hydrogen-bond acceptors (Lipinski definition) is 7. The largest absolute Gasteiger partial charge is 0.493 e. The molecule has 0 radical (unpaired) electrons. The van der Waals surface area contributed by atoms with Crippen molar-refractivity contribution in [2.45, 2.75) is 6.92 Å². The van der Waals surface area contributed by atoms with Crippen LogP contribution in [0.15, 0.2) is 47.6 Å². The second kappa shape index (κ2) is 7.51. The molecule has 0 amide bonds. The maximum atomic E-state index is 5.52. The molecule has 0 spiro atoms. The van der Waals surface area contributed by atoms with E-state index in [1.54, 1.807) is 13.3 Å². The zero-order chi connectivity index (χ0) is 19.5. The standard InChI is InChI=1S/C20H20N6O2/c1-4-28-16-10-9-13(11-17(16)27-3)12-21-24-20-22-19-18(23-25-20)14-7-5-6-8-15(14)26(19)2/h5-12H,4H2,1-3H3,(H,22,24,25)/b21-12+. The van der Waals surface area contributed by atoms with E-state index in [9.17, 15) is 0 Å². The molecule has 0 fully saturated rings. The van der Waals surface area contributed by atoms with Gasteiger partial charge in [-0.2, -0.15) is 10.1 Å². The first-order valence-electron chi connectivity index (χ1n) is 8.89. The number of ether oxygens (including phenoxy) is 2. The van der Waals surface area contributed by atoms with E-state index >= 15 is 0 Å². The molecule has 0 atom stereocenters. The summed E-state index contributed by atoms with van der Waals surface area (Å²) in [6, 6.07) is 13.6. The van der Waals surface area contributed by atoms with E-state index in [4.69, 9.17) is 9.47 Å². The maximum Gasteiger partial charge on any atom is 0.265 e. The number of anilines is 1. The van der Waals surface area contributed by atoms with Crippen LogP contribution in [-0.4, -0.2) is 39.7 Å². The number of para-hydroxylation sites is 1. The van der Waals surface area contributed by atoms with E-state index in [0.717, 1.165) is 27.6 Å². The highest BCUT2D eigenvalue weighted by atomic mass is 16.5. The van der Waals surface area contributed by atoms with Crippen molar-refractivity contribution in [3.63, 3.8) is 0 Å². The van der Waals surface area contributed by atoms with E-state index < -0.39 is 0 Å². The molecule has 4 rings (SSSR count). The van der Waals surface area contributed by atoms with Gasteiger partial charge >= 0.3 is 0 Å². The second-order valence-electron chi connectivity index (χ2n) is 6.10. The van der Waals surface area contributed by atoms with Crippen LogP contribution in [-0.2, 0) is 7.05 Å². The number of nitrogens with one attached hydrogen (secondary N) is 1. The number of aromatic nitrogens is 4. The van der Waals surface area contributed by atoms with E-state index in [1.165, 1.54) is 0 Å². The van der Waals surface area contributed by atoms with Crippen LogP contribution in [0.4, 0.5) is 5.95 Å². The molecule has 142 valence electrons. The predicted molar refractivity (Wildman–Crippen MR) is 109 cm³/mol. The molecular weight excluding hydrogens is 356 g/mol. The van der Waals surface area contributed by atoms with Crippen molar-refractivity contribution in [2.24, 2.45) is 12.1 Å². The zero-order valence-corrected chi connectivity index (χ0v) is 15.9. The van der Waals surface area contributed by atoms with E-state index in [2.05, 4.69) is 25.7 Å². The number of nitrogens with zero attached hydrogens (tertiary/aromatic N) is 5. The van der Waals surface area contributed by atoms with Gasteiger partial charge in [0, 0.05) is 12.4 Å². The molecule has 0 bridgehead atoms. The van der Waals surface area contributed by atoms with Gasteiger partial charge < -0.3 is 14.0 Å². The molecule has 2 aromatic heterocycles. The van der Waals surface area contributed by atoms with E-state index in [0.29, 0.717) is 24.1 Å². The van der Waals surface area contributed by atoms with Gasteiger partial charge in [-0.05, 0) is 36.8 Å². The number of methoxy groups -OCH3 is 1. The minimum absolute atomic E-state index is 0.326. The van der Waals surface area contributed by atoms with Crippen LogP contribution >= 0.6 is 0 Å². The van der Waals surface area contributed by atoms with E-state index in [-0.39, 0.29) is 0 Å². The summed E-state index contributed by atoms with van der Waals surface area (Å²) in [6.07, 6.45) is 1.66. The first-order chi connectivity index (χ1) is 13.7. The van der Waals surface area contributed by atoms with Gasteiger partial charge in [0.2, 0.25) is 0 Å². The highest BCUT2D eigenvalue weighted by Gasteiger charge is 2.11.